The van der Waals surface area contributed by atoms with E-state index in [0.29, 0.717) is 6.01 Å². The molecule has 0 amide bonds. The van der Waals surface area contributed by atoms with Gasteiger partial charge in [0.2, 0.25) is 0 Å². The van der Waals surface area contributed by atoms with E-state index in [4.69, 9.17) is 19.2 Å². The molecule has 2 unspecified atom stereocenters. The van der Waals surface area contributed by atoms with Gasteiger partial charge in [0.15, 0.2) is 0 Å². The van der Waals surface area contributed by atoms with Gasteiger partial charge in [0.1, 0.15) is 11.3 Å². The van der Waals surface area contributed by atoms with Crippen molar-refractivity contribution >= 4 is 11.0 Å². The zero-order chi connectivity index (χ0) is 20.4. The summed E-state index contributed by atoms with van der Waals surface area (Å²) >= 11 is 0. The molecule has 2 heterocycles. The fraction of sp³-hybridized carbons (Fsp3) is 0.455. The zero-order valence-corrected chi connectivity index (χ0v) is 17.7. The second-order valence-electron chi connectivity index (χ2n) is 7.05. The zero-order valence-electron chi connectivity index (χ0n) is 17.7. The van der Waals surface area contributed by atoms with Crippen molar-refractivity contribution in [2.45, 2.75) is 46.3 Å². The third kappa shape index (κ3) is 3.33. The third-order valence-electron chi connectivity index (χ3n) is 5.42. The summed E-state index contributed by atoms with van der Waals surface area (Å²) in [5, 5.41) is 0. The Morgan fingerprint density at radius 2 is 1.82 bits per heavy atom. The van der Waals surface area contributed by atoms with Gasteiger partial charge in [-0.1, -0.05) is 6.92 Å². The minimum Gasteiger partial charge on any atom is -0.496 e. The van der Waals surface area contributed by atoms with Gasteiger partial charge in [0, 0.05) is 18.9 Å². The number of aryl methyl sites for hydroxylation is 2. The Kier molecular flexibility index (Phi) is 5.89. The topological polar surface area (TPSA) is 58.4 Å². The van der Waals surface area contributed by atoms with Crippen molar-refractivity contribution in [3.05, 3.63) is 35.5 Å². The number of hydrogen-bond donors (Lipinski definition) is 0. The molecule has 3 rings (SSSR count). The average molecular weight is 383 g/mol. The lowest BCUT2D eigenvalue weighted by Gasteiger charge is -2.24. The SMILES string of the molecule is CCC(C(C)OC)n1c(OC)nc2c(-c3cc(C)c(OC)cc3C)nccc21. The summed E-state index contributed by atoms with van der Waals surface area (Å²) in [5.74, 6) is 0.872. The van der Waals surface area contributed by atoms with E-state index in [2.05, 4.69) is 36.4 Å². The van der Waals surface area contributed by atoms with E-state index in [0.717, 1.165) is 45.6 Å². The first-order valence-corrected chi connectivity index (χ1v) is 9.56. The van der Waals surface area contributed by atoms with E-state index in [1.165, 1.54) is 0 Å². The van der Waals surface area contributed by atoms with Crippen molar-refractivity contribution in [2.24, 2.45) is 0 Å². The van der Waals surface area contributed by atoms with Crippen molar-refractivity contribution < 1.29 is 14.2 Å². The van der Waals surface area contributed by atoms with Gasteiger partial charge in [0.05, 0.1) is 37.6 Å². The Bertz CT molecular complexity index is 981. The molecule has 6 heteroatoms. The quantitative estimate of drug-likeness (QED) is 0.591. The summed E-state index contributed by atoms with van der Waals surface area (Å²) in [4.78, 5) is 9.47. The van der Waals surface area contributed by atoms with Crippen molar-refractivity contribution in [3.8, 4) is 23.0 Å². The standard InChI is InChI=1S/C22H29N3O3/c1-8-17(15(4)26-5)25-18-9-10-23-20(21(18)24-22(25)28-7)16-11-14(3)19(27-6)12-13(16)2/h9-12,15,17H,8H2,1-7H3. The molecule has 0 aliphatic heterocycles. The highest BCUT2D eigenvalue weighted by Crippen LogP contribution is 2.36. The van der Waals surface area contributed by atoms with Crippen molar-refractivity contribution in [2.75, 3.05) is 21.3 Å². The number of hydrogen-bond acceptors (Lipinski definition) is 5. The van der Waals surface area contributed by atoms with Gasteiger partial charge in [-0.15, -0.1) is 0 Å². The Morgan fingerprint density at radius 1 is 1.07 bits per heavy atom. The second kappa shape index (κ2) is 8.19. The van der Waals surface area contributed by atoms with Gasteiger partial charge >= 0.3 is 0 Å². The van der Waals surface area contributed by atoms with Crippen LogP contribution in [0.25, 0.3) is 22.3 Å². The highest BCUT2D eigenvalue weighted by Gasteiger charge is 2.25. The van der Waals surface area contributed by atoms with Crippen LogP contribution in [0.5, 0.6) is 11.8 Å². The summed E-state index contributed by atoms with van der Waals surface area (Å²) in [7, 11) is 5.07. The lowest BCUT2D eigenvalue weighted by atomic mass is 10.0. The summed E-state index contributed by atoms with van der Waals surface area (Å²) in [5.41, 5.74) is 5.86. The number of ether oxygens (including phenoxy) is 3. The number of rotatable bonds is 7. The van der Waals surface area contributed by atoms with Crippen molar-refractivity contribution in [3.63, 3.8) is 0 Å². The average Bonchev–Trinajstić information content (AvgIpc) is 3.08. The highest BCUT2D eigenvalue weighted by molar-refractivity contribution is 5.91. The van der Waals surface area contributed by atoms with Crippen LogP contribution in [0, 0.1) is 13.8 Å². The number of pyridine rings is 1. The van der Waals surface area contributed by atoms with Gasteiger partial charge in [-0.05, 0) is 56.5 Å². The molecule has 3 aromatic rings. The summed E-state index contributed by atoms with van der Waals surface area (Å²) < 4.78 is 18.8. The number of methoxy groups -OCH3 is 3. The maximum absolute atomic E-state index is 5.64. The molecular weight excluding hydrogens is 354 g/mol. The van der Waals surface area contributed by atoms with Crippen LogP contribution in [0.2, 0.25) is 0 Å². The molecule has 0 aliphatic carbocycles. The molecular formula is C22H29N3O3. The monoisotopic (exact) mass is 383 g/mol. The van der Waals surface area contributed by atoms with E-state index >= 15 is 0 Å². The first kappa shape index (κ1) is 20.1. The van der Waals surface area contributed by atoms with Crippen LogP contribution >= 0.6 is 0 Å². The number of benzene rings is 1. The molecule has 1 aromatic carbocycles. The Morgan fingerprint density at radius 3 is 2.43 bits per heavy atom. The molecule has 0 N–H and O–H groups in total. The van der Waals surface area contributed by atoms with Gasteiger partial charge < -0.3 is 14.2 Å². The van der Waals surface area contributed by atoms with Crippen molar-refractivity contribution in [1.82, 2.24) is 14.5 Å². The van der Waals surface area contributed by atoms with E-state index in [1.807, 2.05) is 25.3 Å². The summed E-state index contributed by atoms with van der Waals surface area (Å²) in [6, 6.07) is 6.82. The lowest BCUT2D eigenvalue weighted by Crippen LogP contribution is -2.23. The predicted octanol–water partition coefficient (Wildman–Crippen LogP) is 4.72. The van der Waals surface area contributed by atoms with Gasteiger partial charge in [0.25, 0.3) is 6.01 Å². The highest BCUT2D eigenvalue weighted by atomic mass is 16.5. The molecule has 0 bridgehead atoms. The molecule has 2 aromatic heterocycles. The number of fused-ring (bicyclic) bond motifs is 1. The summed E-state index contributed by atoms with van der Waals surface area (Å²) in [6.45, 7) is 8.31. The summed E-state index contributed by atoms with van der Waals surface area (Å²) in [6.07, 6.45) is 2.76. The van der Waals surface area contributed by atoms with Crippen molar-refractivity contribution in [1.29, 1.82) is 0 Å². The molecule has 0 aliphatic rings. The van der Waals surface area contributed by atoms with Gasteiger partial charge in [-0.25, -0.2) is 0 Å². The molecule has 0 saturated heterocycles. The Hall–Kier alpha value is -2.60. The maximum Gasteiger partial charge on any atom is 0.297 e. The third-order valence-corrected chi connectivity index (χ3v) is 5.42. The normalized spacial score (nSPS) is 13.5. The van der Waals surface area contributed by atoms with Gasteiger partial charge in [-0.2, -0.15) is 4.98 Å². The van der Waals surface area contributed by atoms with Crippen LogP contribution in [0.15, 0.2) is 24.4 Å². The van der Waals surface area contributed by atoms with Crippen LogP contribution in [-0.2, 0) is 4.74 Å². The maximum atomic E-state index is 5.64. The minimum atomic E-state index is 0.0258. The van der Waals surface area contributed by atoms with E-state index < -0.39 is 0 Å². The number of imidazole rings is 1. The smallest absolute Gasteiger partial charge is 0.297 e. The molecule has 0 spiro atoms. The van der Waals surface area contributed by atoms with Crippen LogP contribution in [0.3, 0.4) is 0 Å². The molecule has 0 fully saturated rings. The predicted molar refractivity (Wildman–Crippen MR) is 111 cm³/mol. The Labute approximate surface area is 166 Å². The molecule has 2 atom stereocenters. The van der Waals surface area contributed by atoms with Crippen LogP contribution in [0.1, 0.15) is 37.4 Å². The molecule has 0 saturated carbocycles. The molecule has 28 heavy (non-hydrogen) atoms. The van der Waals surface area contributed by atoms with Gasteiger partial charge in [-0.3, -0.25) is 9.55 Å². The first-order valence-electron chi connectivity index (χ1n) is 9.56. The fourth-order valence-electron chi connectivity index (χ4n) is 3.81. The number of aromatic nitrogens is 3. The second-order valence-corrected chi connectivity index (χ2v) is 7.05. The fourth-order valence-corrected chi connectivity index (χ4v) is 3.81. The molecule has 150 valence electrons. The lowest BCUT2D eigenvalue weighted by molar-refractivity contribution is 0.0677. The van der Waals surface area contributed by atoms with Crippen LogP contribution in [0.4, 0.5) is 0 Å². The molecule has 6 nitrogen and oxygen atoms in total. The molecule has 0 radical (unpaired) electrons. The van der Waals surface area contributed by atoms with E-state index in [-0.39, 0.29) is 12.1 Å². The van der Waals surface area contributed by atoms with E-state index in [1.54, 1.807) is 21.3 Å². The Balaban J connectivity index is 2.27. The first-order chi connectivity index (χ1) is 13.5. The van der Waals surface area contributed by atoms with E-state index in [9.17, 15) is 0 Å². The van der Waals surface area contributed by atoms with Crippen LogP contribution in [-0.4, -0.2) is 42.0 Å². The largest absolute Gasteiger partial charge is 0.496 e. The minimum absolute atomic E-state index is 0.0258. The van der Waals surface area contributed by atoms with Crippen LogP contribution < -0.4 is 9.47 Å². The number of nitrogens with zero attached hydrogens (tertiary/aromatic N) is 3.